The van der Waals surface area contributed by atoms with E-state index in [4.69, 9.17) is 0 Å². The number of rotatable bonds is 3. The molecular weight excluding hydrogens is 363 g/mol. The molecule has 10 heteroatoms. The molecule has 1 N–H and O–H groups in total. The lowest BCUT2D eigenvalue weighted by Gasteiger charge is -2.07. The lowest BCUT2D eigenvalue weighted by molar-refractivity contribution is -0.134. The Bertz CT molecular complexity index is 996. The molecule has 0 fully saturated rings. The van der Waals surface area contributed by atoms with Gasteiger partial charge < -0.3 is 5.32 Å². The van der Waals surface area contributed by atoms with E-state index in [-0.39, 0.29) is 20.9 Å². The summed E-state index contributed by atoms with van der Waals surface area (Å²) in [6.45, 7) is 0. The molecule has 0 spiro atoms. The van der Waals surface area contributed by atoms with Crippen molar-refractivity contribution in [3.8, 4) is 0 Å². The quantitative estimate of drug-likeness (QED) is 0.755. The van der Waals surface area contributed by atoms with E-state index in [1.165, 1.54) is 30.6 Å². The van der Waals surface area contributed by atoms with Crippen molar-refractivity contribution >= 4 is 42.9 Å². The van der Waals surface area contributed by atoms with Crippen LogP contribution in [0.5, 0.6) is 0 Å². The molecule has 1 aromatic carbocycles. The van der Waals surface area contributed by atoms with Gasteiger partial charge in [-0.3, -0.25) is 0 Å². The monoisotopic (exact) mass is 373 g/mol. The first kappa shape index (κ1) is 16.7. The van der Waals surface area contributed by atoms with Crippen molar-refractivity contribution in [3.63, 3.8) is 0 Å². The first-order valence-corrected chi connectivity index (χ1v) is 9.24. The number of thiophene rings is 1. The highest BCUT2D eigenvalue weighted by molar-refractivity contribution is 7.90. The second kappa shape index (κ2) is 5.71. The fraction of sp³-hybridized carbons (Fsp3) is 0.143. The van der Waals surface area contributed by atoms with Gasteiger partial charge in [0.25, 0.3) is 0 Å². The molecule has 0 aliphatic carbocycles. The molecule has 126 valence electrons. The van der Waals surface area contributed by atoms with E-state index in [1.54, 1.807) is 0 Å². The fourth-order valence-corrected chi connectivity index (χ4v) is 3.51. The zero-order chi connectivity index (χ0) is 17.5. The zero-order valence-corrected chi connectivity index (χ0v) is 13.8. The summed E-state index contributed by atoms with van der Waals surface area (Å²) in [5.74, 6) is 0.221. The third kappa shape index (κ3) is 3.34. The molecular formula is C14H10F3N3O2S2. The van der Waals surface area contributed by atoms with Crippen molar-refractivity contribution in [2.45, 2.75) is 11.1 Å². The van der Waals surface area contributed by atoms with Crippen LogP contribution in [0.1, 0.15) is 4.88 Å². The van der Waals surface area contributed by atoms with E-state index in [0.717, 1.165) is 12.3 Å². The van der Waals surface area contributed by atoms with Crippen LogP contribution >= 0.6 is 11.3 Å². The Hall–Kier alpha value is -2.20. The van der Waals surface area contributed by atoms with Crippen LogP contribution in [-0.4, -0.2) is 24.6 Å². The maximum absolute atomic E-state index is 12.8. The molecule has 2 heterocycles. The van der Waals surface area contributed by atoms with Gasteiger partial charge in [-0.1, -0.05) is 0 Å². The minimum absolute atomic E-state index is 0.149. The summed E-state index contributed by atoms with van der Waals surface area (Å²) in [6, 6.07) is 6.84. The van der Waals surface area contributed by atoms with Crippen LogP contribution in [0.15, 0.2) is 41.6 Å². The van der Waals surface area contributed by atoms with Crippen LogP contribution in [0.3, 0.4) is 0 Å². The van der Waals surface area contributed by atoms with Crippen LogP contribution in [0, 0.1) is 0 Å². The predicted molar refractivity (Wildman–Crippen MR) is 85.3 cm³/mol. The van der Waals surface area contributed by atoms with Gasteiger partial charge in [0, 0.05) is 11.9 Å². The highest BCUT2D eigenvalue weighted by Crippen LogP contribution is 2.39. The van der Waals surface area contributed by atoms with Crippen molar-refractivity contribution in [3.05, 3.63) is 41.5 Å². The van der Waals surface area contributed by atoms with E-state index < -0.39 is 20.9 Å². The normalized spacial score (nSPS) is 12.5. The first-order valence-electron chi connectivity index (χ1n) is 6.53. The highest BCUT2D eigenvalue weighted by atomic mass is 32.2. The third-order valence-corrected chi connectivity index (χ3v) is 5.37. The number of sulfone groups is 1. The van der Waals surface area contributed by atoms with Gasteiger partial charge in [0.05, 0.1) is 10.3 Å². The van der Waals surface area contributed by atoms with Gasteiger partial charge in [-0.25, -0.2) is 18.4 Å². The number of halogens is 3. The number of aromatic nitrogens is 2. The molecule has 3 rings (SSSR count). The second-order valence-corrected chi connectivity index (χ2v) is 8.02. The molecule has 0 saturated heterocycles. The van der Waals surface area contributed by atoms with E-state index in [2.05, 4.69) is 15.3 Å². The second-order valence-electron chi connectivity index (χ2n) is 4.97. The minimum atomic E-state index is -4.44. The van der Waals surface area contributed by atoms with Gasteiger partial charge >= 0.3 is 6.18 Å². The Morgan fingerprint density at radius 2 is 1.79 bits per heavy atom. The van der Waals surface area contributed by atoms with Gasteiger partial charge in [-0.15, -0.1) is 11.3 Å². The van der Waals surface area contributed by atoms with E-state index in [0.29, 0.717) is 17.0 Å². The summed E-state index contributed by atoms with van der Waals surface area (Å²) in [7, 11) is -3.32. The van der Waals surface area contributed by atoms with Crippen molar-refractivity contribution in [2.24, 2.45) is 0 Å². The number of anilines is 2. The average molecular weight is 373 g/mol. The van der Waals surface area contributed by atoms with Gasteiger partial charge in [0.2, 0.25) is 0 Å². The van der Waals surface area contributed by atoms with E-state index in [1.807, 2.05) is 0 Å². The first-order chi connectivity index (χ1) is 11.1. The smallest absolute Gasteiger partial charge is 0.340 e. The largest absolute Gasteiger partial charge is 0.425 e. The number of nitrogens with zero attached hydrogens (tertiary/aromatic N) is 2. The molecule has 24 heavy (non-hydrogen) atoms. The number of hydrogen-bond donors (Lipinski definition) is 1. The molecule has 0 atom stereocenters. The molecule has 5 nitrogen and oxygen atoms in total. The predicted octanol–water partition coefficient (Wildman–Crippen LogP) is 3.86. The Morgan fingerprint density at radius 1 is 1.12 bits per heavy atom. The molecule has 0 amide bonds. The summed E-state index contributed by atoms with van der Waals surface area (Å²) < 4.78 is 61.3. The van der Waals surface area contributed by atoms with Crippen molar-refractivity contribution in [1.29, 1.82) is 0 Å². The van der Waals surface area contributed by atoms with Crippen LogP contribution in [0.25, 0.3) is 10.2 Å². The maximum atomic E-state index is 12.8. The molecule has 0 unspecified atom stereocenters. The topological polar surface area (TPSA) is 72.0 Å². The summed E-state index contributed by atoms with van der Waals surface area (Å²) in [6.07, 6.45) is -2.18. The lowest BCUT2D eigenvalue weighted by Crippen LogP contribution is -2.00. The fourth-order valence-electron chi connectivity index (χ4n) is 2.02. The summed E-state index contributed by atoms with van der Waals surface area (Å²) in [5, 5.41) is 3.14. The van der Waals surface area contributed by atoms with Crippen molar-refractivity contribution in [1.82, 2.24) is 9.97 Å². The van der Waals surface area contributed by atoms with Crippen molar-refractivity contribution in [2.75, 3.05) is 11.6 Å². The number of benzene rings is 1. The summed E-state index contributed by atoms with van der Waals surface area (Å²) in [5.41, 5.74) is 0.502. The molecule has 0 saturated carbocycles. The molecule has 3 aromatic rings. The zero-order valence-electron chi connectivity index (χ0n) is 12.1. The number of alkyl halides is 3. The summed E-state index contributed by atoms with van der Waals surface area (Å²) >= 11 is 0.539. The molecule has 0 aliphatic rings. The standard InChI is InChI=1S/C14H10F3N3O2S2/c1-24(21,22)9-4-2-8(3-5-9)20-12-10-6-11(14(15,16)17)23-13(10)19-7-18-12/h2-7H,1H3,(H,18,19,20). The maximum Gasteiger partial charge on any atom is 0.425 e. The molecule has 2 aromatic heterocycles. The SMILES string of the molecule is CS(=O)(=O)c1ccc(Nc2ncnc3sc(C(F)(F)F)cc23)cc1. The molecule has 0 aliphatic heterocycles. The van der Waals surface area contributed by atoms with Gasteiger partial charge in [-0.2, -0.15) is 13.2 Å². The number of hydrogen-bond acceptors (Lipinski definition) is 6. The Labute approximate surface area is 139 Å². The highest BCUT2D eigenvalue weighted by Gasteiger charge is 2.33. The number of nitrogens with one attached hydrogen (secondary N) is 1. The lowest BCUT2D eigenvalue weighted by atomic mass is 10.3. The Balaban J connectivity index is 1.97. The van der Waals surface area contributed by atoms with Gasteiger partial charge in [0.1, 0.15) is 21.9 Å². The molecule has 0 radical (unpaired) electrons. The third-order valence-electron chi connectivity index (χ3n) is 3.15. The minimum Gasteiger partial charge on any atom is -0.340 e. The Kier molecular flexibility index (Phi) is 3.96. The Morgan fingerprint density at radius 3 is 2.38 bits per heavy atom. The molecule has 0 bridgehead atoms. The van der Waals surface area contributed by atoms with E-state index in [9.17, 15) is 21.6 Å². The van der Waals surface area contributed by atoms with Gasteiger partial charge in [0.15, 0.2) is 9.84 Å². The van der Waals surface area contributed by atoms with Crippen molar-refractivity contribution < 1.29 is 21.6 Å². The van der Waals surface area contributed by atoms with Crippen LogP contribution in [0.4, 0.5) is 24.7 Å². The van der Waals surface area contributed by atoms with Crippen LogP contribution in [-0.2, 0) is 16.0 Å². The van der Waals surface area contributed by atoms with Crippen LogP contribution < -0.4 is 5.32 Å². The van der Waals surface area contributed by atoms with Gasteiger partial charge in [-0.05, 0) is 30.3 Å². The average Bonchev–Trinajstić information content (AvgIpc) is 2.92. The van der Waals surface area contributed by atoms with E-state index >= 15 is 0 Å². The number of fused-ring (bicyclic) bond motifs is 1. The summed E-state index contributed by atoms with van der Waals surface area (Å²) in [4.78, 5) is 7.43. The van der Waals surface area contributed by atoms with Crippen LogP contribution in [0.2, 0.25) is 0 Å².